The molecule has 1 aliphatic heterocycles. The number of likely N-dealkylation sites (tertiary alicyclic amines) is 1. The van der Waals surface area contributed by atoms with Gasteiger partial charge >= 0.3 is 6.61 Å². The van der Waals surface area contributed by atoms with Crippen LogP contribution in [-0.4, -0.2) is 36.6 Å². The Hall–Kier alpha value is -0.970. The minimum absolute atomic E-state index is 0.231. The second kappa shape index (κ2) is 4.32. The summed E-state index contributed by atoms with van der Waals surface area (Å²) in [6.07, 6.45) is 1.10. The molecule has 13 heavy (non-hydrogen) atoms. The van der Waals surface area contributed by atoms with E-state index in [1.54, 1.807) is 0 Å². The highest BCUT2D eigenvalue weighted by Crippen LogP contribution is 2.15. The van der Waals surface area contributed by atoms with Crippen molar-refractivity contribution in [2.45, 2.75) is 19.1 Å². The molecule has 0 radical (unpaired) electrons. The average molecular weight is 191 g/mol. The molecule has 1 amide bonds. The van der Waals surface area contributed by atoms with E-state index in [-0.39, 0.29) is 12.5 Å². The Balaban J connectivity index is 2.36. The average Bonchev–Trinajstić information content (AvgIpc) is 2.50. The zero-order valence-electron chi connectivity index (χ0n) is 7.08. The first-order valence-corrected chi connectivity index (χ1v) is 3.98. The molecule has 1 saturated heterocycles. The molecule has 3 nitrogen and oxygen atoms in total. The summed E-state index contributed by atoms with van der Waals surface area (Å²) in [6.45, 7) is 1.24. The van der Waals surface area contributed by atoms with Gasteiger partial charge in [0.2, 0.25) is 5.91 Å². The third kappa shape index (κ3) is 2.77. The Morgan fingerprint density at radius 3 is 2.92 bits per heavy atom. The maximum absolute atomic E-state index is 11.8. The van der Waals surface area contributed by atoms with Crippen LogP contribution in [0.5, 0.6) is 0 Å². The SMILES string of the molecule is C=CC(=O)N1CC[C@@H](OC(F)F)C1. The Kier molecular flexibility index (Phi) is 3.36. The van der Waals surface area contributed by atoms with Gasteiger partial charge in [-0.2, -0.15) is 8.78 Å². The van der Waals surface area contributed by atoms with Gasteiger partial charge in [-0.05, 0) is 12.5 Å². The molecule has 0 unspecified atom stereocenters. The van der Waals surface area contributed by atoms with Crippen LogP contribution >= 0.6 is 0 Å². The molecule has 0 N–H and O–H groups in total. The van der Waals surface area contributed by atoms with Gasteiger partial charge in [-0.15, -0.1) is 0 Å². The topological polar surface area (TPSA) is 29.5 Å². The number of hydrogen-bond donors (Lipinski definition) is 0. The van der Waals surface area contributed by atoms with Crippen LogP contribution in [0.25, 0.3) is 0 Å². The van der Waals surface area contributed by atoms with E-state index >= 15 is 0 Å². The van der Waals surface area contributed by atoms with Crippen molar-refractivity contribution in [3.8, 4) is 0 Å². The Bertz CT molecular complexity index is 208. The van der Waals surface area contributed by atoms with Gasteiger partial charge in [0, 0.05) is 13.1 Å². The van der Waals surface area contributed by atoms with E-state index in [1.807, 2.05) is 0 Å². The molecule has 1 fully saturated rings. The molecule has 0 saturated carbocycles. The van der Waals surface area contributed by atoms with E-state index in [1.165, 1.54) is 11.0 Å². The number of halogens is 2. The van der Waals surface area contributed by atoms with Crippen LogP contribution in [-0.2, 0) is 9.53 Å². The molecule has 0 spiro atoms. The van der Waals surface area contributed by atoms with Crippen LogP contribution in [0.2, 0.25) is 0 Å². The van der Waals surface area contributed by atoms with Gasteiger partial charge in [0.25, 0.3) is 0 Å². The minimum atomic E-state index is -2.76. The van der Waals surface area contributed by atoms with E-state index in [4.69, 9.17) is 0 Å². The lowest BCUT2D eigenvalue weighted by Gasteiger charge is -2.13. The predicted octanol–water partition coefficient (Wildman–Crippen LogP) is 1.01. The van der Waals surface area contributed by atoms with Gasteiger partial charge in [0.1, 0.15) is 0 Å². The van der Waals surface area contributed by atoms with Crippen LogP contribution < -0.4 is 0 Å². The smallest absolute Gasteiger partial charge is 0.336 e. The van der Waals surface area contributed by atoms with Gasteiger partial charge in [0.15, 0.2) is 0 Å². The predicted molar refractivity (Wildman–Crippen MR) is 42.3 cm³/mol. The fourth-order valence-corrected chi connectivity index (χ4v) is 1.31. The number of alkyl halides is 2. The number of carbonyl (C=O) groups excluding carboxylic acids is 1. The van der Waals surface area contributed by atoms with Gasteiger partial charge in [0.05, 0.1) is 6.10 Å². The molecule has 0 aromatic rings. The summed E-state index contributed by atoms with van der Waals surface area (Å²) in [6, 6.07) is 0. The van der Waals surface area contributed by atoms with Crippen molar-refractivity contribution in [3.63, 3.8) is 0 Å². The van der Waals surface area contributed by atoms with Crippen molar-refractivity contribution in [3.05, 3.63) is 12.7 Å². The number of rotatable bonds is 3. The second-order valence-corrected chi connectivity index (χ2v) is 2.80. The normalized spacial score (nSPS) is 22.4. The summed E-state index contributed by atoms with van der Waals surface area (Å²) >= 11 is 0. The third-order valence-corrected chi connectivity index (χ3v) is 1.93. The van der Waals surface area contributed by atoms with Gasteiger partial charge in [-0.1, -0.05) is 6.58 Å². The molecule has 0 aromatic heterocycles. The van der Waals surface area contributed by atoms with Crippen LogP contribution in [0.15, 0.2) is 12.7 Å². The van der Waals surface area contributed by atoms with E-state index in [9.17, 15) is 13.6 Å². The molecule has 1 aliphatic rings. The van der Waals surface area contributed by atoms with Crippen molar-refractivity contribution in [2.75, 3.05) is 13.1 Å². The van der Waals surface area contributed by atoms with Gasteiger partial charge < -0.3 is 9.64 Å². The van der Waals surface area contributed by atoms with Crippen molar-refractivity contribution >= 4 is 5.91 Å². The minimum Gasteiger partial charge on any atom is -0.336 e. The Labute approximate surface area is 75.0 Å². The molecule has 1 heterocycles. The molecule has 0 aromatic carbocycles. The first-order chi connectivity index (χ1) is 6.13. The number of ether oxygens (including phenoxy) is 1. The highest BCUT2D eigenvalue weighted by Gasteiger charge is 2.27. The molecule has 74 valence electrons. The highest BCUT2D eigenvalue weighted by molar-refractivity contribution is 5.87. The third-order valence-electron chi connectivity index (χ3n) is 1.93. The highest BCUT2D eigenvalue weighted by atomic mass is 19.3. The second-order valence-electron chi connectivity index (χ2n) is 2.80. The quantitative estimate of drug-likeness (QED) is 0.623. The van der Waals surface area contributed by atoms with E-state index < -0.39 is 12.7 Å². The van der Waals surface area contributed by atoms with Crippen LogP contribution in [0.4, 0.5) is 8.78 Å². The summed E-state index contributed by atoms with van der Waals surface area (Å²) < 4.78 is 27.8. The maximum atomic E-state index is 11.8. The standard InChI is InChI=1S/C8H11F2NO2/c1-2-7(12)11-4-3-6(5-11)13-8(9)10/h2,6,8H,1,3-5H2/t6-/m1/s1. The summed E-state index contributed by atoms with van der Waals surface area (Å²) in [4.78, 5) is 12.5. The Morgan fingerprint density at radius 2 is 2.38 bits per heavy atom. The van der Waals surface area contributed by atoms with E-state index in [0.717, 1.165) is 0 Å². The van der Waals surface area contributed by atoms with Crippen LogP contribution in [0.3, 0.4) is 0 Å². The zero-order chi connectivity index (χ0) is 9.84. The summed E-state index contributed by atoms with van der Waals surface area (Å²) in [5.74, 6) is -0.236. The number of nitrogens with zero attached hydrogens (tertiary/aromatic N) is 1. The lowest BCUT2D eigenvalue weighted by atomic mass is 10.3. The number of carbonyl (C=O) groups is 1. The van der Waals surface area contributed by atoms with Crippen molar-refractivity contribution in [2.24, 2.45) is 0 Å². The van der Waals surface area contributed by atoms with Gasteiger partial charge in [-0.3, -0.25) is 4.79 Å². The first kappa shape index (κ1) is 10.1. The van der Waals surface area contributed by atoms with Crippen molar-refractivity contribution in [1.29, 1.82) is 0 Å². The van der Waals surface area contributed by atoms with Crippen molar-refractivity contribution in [1.82, 2.24) is 4.90 Å². The summed E-state index contributed by atoms with van der Waals surface area (Å²) in [5.41, 5.74) is 0. The van der Waals surface area contributed by atoms with Gasteiger partial charge in [-0.25, -0.2) is 0 Å². The van der Waals surface area contributed by atoms with E-state index in [0.29, 0.717) is 13.0 Å². The fourth-order valence-electron chi connectivity index (χ4n) is 1.31. The molecule has 1 rings (SSSR count). The molecular formula is C8H11F2NO2. The molecule has 0 bridgehead atoms. The summed E-state index contributed by atoms with van der Waals surface area (Å²) in [5, 5.41) is 0. The molecule has 5 heteroatoms. The lowest BCUT2D eigenvalue weighted by molar-refractivity contribution is -0.159. The zero-order valence-corrected chi connectivity index (χ0v) is 7.08. The molecule has 0 aliphatic carbocycles. The van der Waals surface area contributed by atoms with Crippen LogP contribution in [0.1, 0.15) is 6.42 Å². The number of amides is 1. The van der Waals surface area contributed by atoms with E-state index in [2.05, 4.69) is 11.3 Å². The summed E-state index contributed by atoms with van der Waals surface area (Å²) in [7, 11) is 0. The molecular weight excluding hydrogens is 180 g/mol. The lowest BCUT2D eigenvalue weighted by Crippen LogP contribution is -2.28. The van der Waals surface area contributed by atoms with Crippen LogP contribution in [0, 0.1) is 0 Å². The fraction of sp³-hybridized carbons (Fsp3) is 0.625. The monoisotopic (exact) mass is 191 g/mol. The van der Waals surface area contributed by atoms with Crippen molar-refractivity contribution < 1.29 is 18.3 Å². The first-order valence-electron chi connectivity index (χ1n) is 3.98. The molecule has 1 atom stereocenters. The number of hydrogen-bond acceptors (Lipinski definition) is 2. The largest absolute Gasteiger partial charge is 0.345 e. The Morgan fingerprint density at radius 1 is 1.69 bits per heavy atom. The maximum Gasteiger partial charge on any atom is 0.345 e.